The molecule has 96 valence electrons. The molecule has 0 N–H and O–H groups in total. The number of rotatable bonds is 4. The van der Waals surface area contributed by atoms with Gasteiger partial charge in [-0.15, -0.1) is 0 Å². The first-order valence-electron chi connectivity index (χ1n) is 7.34. The van der Waals surface area contributed by atoms with Crippen molar-refractivity contribution in [3.8, 4) is 6.07 Å². The fourth-order valence-electron chi connectivity index (χ4n) is 3.21. The lowest BCUT2D eigenvalue weighted by Crippen LogP contribution is -2.14. The van der Waals surface area contributed by atoms with Crippen LogP contribution in [0.15, 0.2) is 24.3 Å². The smallest absolute Gasteiger partial charge is 0.0994 e. The molecule has 1 saturated carbocycles. The van der Waals surface area contributed by atoms with Gasteiger partial charge in [-0.2, -0.15) is 5.26 Å². The van der Waals surface area contributed by atoms with E-state index in [0.717, 1.165) is 11.5 Å². The fourth-order valence-corrected chi connectivity index (χ4v) is 3.21. The molecule has 1 nitrogen and oxygen atoms in total. The van der Waals surface area contributed by atoms with E-state index in [9.17, 15) is 0 Å². The third-order valence-electron chi connectivity index (χ3n) is 4.33. The SMILES string of the molecule is CCCC[C@H]1CC[C@H](c2ccccc2C#N)CC1. The van der Waals surface area contributed by atoms with Gasteiger partial charge in [-0.05, 0) is 49.1 Å². The van der Waals surface area contributed by atoms with E-state index in [1.165, 1.54) is 50.5 Å². The zero-order chi connectivity index (χ0) is 12.8. The van der Waals surface area contributed by atoms with E-state index >= 15 is 0 Å². The molecule has 1 aromatic carbocycles. The van der Waals surface area contributed by atoms with Gasteiger partial charge in [0.25, 0.3) is 0 Å². The lowest BCUT2D eigenvalue weighted by Gasteiger charge is -2.29. The average Bonchev–Trinajstić information content (AvgIpc) is 2.45. The molecule has 0 amide bonds. The van der Waals surface area contributed by atoms with E-state index in [-0.39, 0.29) is 0 Å². The predicted molar refractivity (Wildman–Crippen MR) is 75.4 cm³/mol. The van der Waals surface area contributed by atoms with Gasteiger partial charge >= 0.3 is 0 Å². The molecule has 0 atom stereocenters. The lowest BCUT2D eigenvalue weighted by molar-refractivity contribution is 0.304. The van der Waals surface area contributed by atoms with Crippen LogP contribution in [0.25, 0.3) is 0 Å². The highest BCUT2D eigenvalue weighted by atomic mass is 14.3. The molecule has 2 rings (SSSR count). The van der Waals surface area contributed by atoms with Crippen LogP contribution in [0.2, 0.25) is 0 Å². The van der Waals surface area contributed by atoms with Gasteiger partial charge in [-0.1, -0.05) is 44.4 Å². The Labute approximate surface area is 111 Å². The molecule has 0 aromatic heterocycles. The second-order valence-electron chi connectivity index (χ2n) is 5.56. The molecule has 0 unspecified atom stereocenters. The summed E-state index contributed by atoms with van der Waals surface area (Å²) >= 11 is 0. The average molecular weight is 241 g/mol. The maximum absolute atomic E-state index is 9.17. The summed E-state index contributed by atoms with van der Waals surface area (Å²) in [4.78, 5) is 0. The second kappa shape index (κ2) is 6.59. The first kappa shape index (κ1) is 13.1. The minimum atomic E-state index is 0.624. The van der Waals surface area contributed by atoms with Crippen LogP contribution >= 0.6 is 0 Å². The van der Waals surface area contributed by atoms with E-state index < -0.39 is 0 Å². The molecule has 1 aliphatic carbocycles. The van der Waals surface area contributed by atoms with Crippen molar-refractivity contribution in [1.29, 1.82) is 5.26 Å². The Morgan fingerprint density at radius 2 is 1.89 bits per heavy atom. The summed E-state index contributed by atoms with van der Waals surface area (Å²) in [6.07, 6.45) is 9.35. The Morgan fingerprint density at radius 1 is 1.17 bits per heavy atom. The molecular weight excluding hydrogens is 218 g/mol. The Bertz CT molecular complexity index is 408. The largest absolute Gasteiger partial charge is 0.192 e. The van der Waals surface area contributed by atoms with Crippen molar-refractivity contribution in [1.82, 2.24) is 0 Å². The predicted octanol–water partition coefficient (Wildman–Crippen LogP) is 5.02. The number of hydrogen-bond donors (Lipinski definition) is 0. The molecule has 0 spiro atoms. The van der Waals surface area contributed by atoms with Crippen LogP contribution in [0.5, 0.6) is 0 Å². The van der Waals surface area contributed by atoms with Gasteiger partial charge in [-0.3, -0.25) is 0 Å². The van der Waals surface area contributed by atoms with Crippen molar-refractivity contribution in [2.75, 3.05) is 0 Å². The standard InChI is InChI=1S/C17H23N/c1-2-3-6-14-9-11-15(12-10-14)17-8-5-4-7-16(17)13-18/h4-5,7-8,14-15H,2-3,6,9-12H2,1H3/t14-,15-. The summed E-state index contributed by atoms with van der Waals surface area (Å²) in [5, 5.41) is 9.17. The van der Waals surface area contributed by atoms with Crippen molar-refractivity contribution < 1.29 is 0 Å². The number of benzene rings is 1. The van der Waals surface area contributed by atoms with Gasteiger partial charge in [0.2, 0.25) is 0 Å². The quantitative estimate of drug-likeness (QED) is 0.726. The third kappa shape index (κ3) is 3.13. The van der Waals surface area contributed by atoms with Crippen LogP contribution in [0.3, 0.4) is 0 Å². The Morgan fingerprint density at radius 3 is 2.56 bits per heavy atom. The first-order valence-corrected chi connectivity index (χ1v) is 7.34. The van der Waals surface area contributed by atoms with Gasteiger partial charge < -0.3 is 0 Å². The van der Waals surface area contributed by atoms with Gasteiger partial charge in [0, 0.05) is 0 Å². The molecule has 0 heterocycles. The number of hydrogen-bond acceptors (Lipinski definition) is 1. The third-order valence-corrected chi connectivity index (χ3v) is 4.33. The van der Waals surface area contributed by atoms with Gasteiger partial charge in [-0.25, -0.2) is 0 Å². The van der Waals surface area contributed by atoms with Crippen LogP contribution in [0.1, 0.15) is 68.9 Å². The van der Waals surface area contributed by atoms with Crippen LogP contribution in [0.4, 0.5) is 0 Å². The maximum Gasteiger partial charge on any atom is 0.0994 e. The summed E-state index contributed by atoms with van der Waals surface area (Å²) in [7, 11) is 0. The van der Waals surface area contributed by atoms with Crippen molar-refractivity contribution in [2.24, 2.45) is 5.92 Å². The molecule has 0 bridgehead atoms. The van der Waals surface area contributed by atoms with Crippen LogP contribution in [0, 0.1) is 17.2 Å². The monoisotopic (exact) mass is 241 g/mol. The number of nitriles is 1. The zero-order valence-electron chi connectivity index (χ0n) is 11.4. The van der Waals surface area contributed by atoms with Crippen LogP contribution in [-0.2, 0) is 0 Å². The highest BCUT2D eigenvalue weighted by molar-refractivity contribution is 5.39. The van der Waals surface area contributed by atoms with E-state index in [4.69, 9.17) is 5.26 Å². The van der Waals surface area contributed by atoms with Crippen molar-refractivity contribution in [3.05, 3.63) is 35.4 Å². The number of unbranched alkanes of at least 4 members (excludes halogenated alkanes) is 1. The Balaban J connectivity index is 1.95. The fraction of sp³-hybridized carbons (Fsp3) is 0.588. The van der Waals surface area contributed by atoms with Crippen LogP contribution in [-0.4, -0.2) is 0 Å². The Hall–Kier alpha value is -1.29. The minimum absolute atomic E-state index is 0.624. The minimum Gasteiger partial charge on any atom is -0.192 e. The van der Waals surface area contributed by atoms with E-state index in [1.54, 1.807) is 0 Å². The Kier molecular flexibility index (Phi) is 4.81. The summed E-state index contributed by atoms with van der Waals surface area (Å²) < 4.78 is 0. The zero-order valence-corrected chi connectivity index (χ0v) is 11.4. The normalized spacial score (nSPS) is 23.6. The van der Waals surface area contributed by atoms with Crippen molar-refractivity contribution in [3.63, 3.8) is 0 Å². The van der Waals surface area contributed by atoms with E-state index in [2.05, 4.69) is 25.1 Å². The van der Waals surface area contributed by atoms with Gasteiger partial charge in [0.05, 0.1) is 11.6 Å². The second-order valence-corrected chi connectivity index (χ2v) is 5.56. The molecule has 1 fully saturated rings. The highest BCUT2D eigenvalue weighted by Gasteiger charge is 2.23. The molecule has 1 heteroatoms. The molecule has 1 aromatic rings. The highest BCUT2D eigenvalue weighted by Crippen LogP contribution is 2.38. The van der Waals surface area contributed by atoms with E-state index in [1.807, 2.05) is 12.1 Å². The molecule has 1 aliphatic rings. The summed E-state index contributed by atoms with van der Waals surface area (Å²) in [6, 6.07) is 10.5. The van der Waals surface area contributed by atoms with Crippen molar-refractivity contribution in [2.45, 2.75) is 57.8 Å². The van der Waals surface area contributed by atoms with Crippen LogP contribution < -0.4 is 0 Å². The molecule has 18 heavy (non-hydrogen) atoms. The van der Waals surface area contributed by atoms with Crippen molar-refractivity contribution >= 4 is 0 Å². The molecule has 0 saturated heterocycles. The topological polar surface area (TPSA) is 23.8 Å². The summed E-state index contributed by atoms with van der Waals surface area (Å²) in [5.41, 5.74) is 2.17. The molecule has 0 aliphatic heterocycles. The molecule has 0 radical (unpaired) electrons. The van der Waals surface area contributed by atoms with Gasteiger partial charge in [0.1, 0.15) is 0 Å². The molecular formula is C17H23N. The van der Waals surface area contributed by atoms with E-state index in [0.29, 0.717) is 5.92 Å². The summed E-state index contributed by atoms with van der Waals surface area (Å²) in [6.45, 7) is 2.27. The lowest BCUT2D eigenvalue weighted by atomic mass is 9.76. The number of nitrogens with zero attached hydrogens (tertiary/aromatic N) is 1. The van der Waals surface area contributed by atoms with Gasteiger partial charge in [0.15, 0.2) is 0 Å². The first-order chi connectivity index (χ1) is 8.85. The maximum atomic E-state index is 9.17. The summed E-state index contributed by atoms with van der Waals surface area (Å²) in [5.74, 6) is 1.56.